The van der Waals surface area contributed by atoms with E-state index >= 15 is 0 Å². The summed E-state index contributed by atoms with van der Waals surface area (Å²) in [5, 5.41) is 53.8. The molecule has 25 nitrogen and oxygen atoms in total. The van der Waals surface area contributed by atoms with Crippen LogP contribution in [0, 0.1) is 30.3 Å². The molecular weight excluding hydrogens is 1780 g/mol. The van der Waals surface area contributed by atoms with Crippen molar-refractivity contribution in [3.8, 4) is 0 Å². The molecule has 0 saturated carbocycles. The quantitative estimate of drug-likeness (QED) is 0.0121. The first-order valence-corrected chi connectivity index (χ1v) is 46.1. The number of halogens is 1. The number of hydrogen-bond acceptors (Lipinski definition) is 21. The lowest BCUT2D eigenvalue weighted by Crippen LogP contribution is -2.35. The standard InChI is InChI=1S/C28H29N3O4S2.2C28H27N3O3S.C13H15N3O2S.BrH.H3N/c1-2-23-19-36-28(29-23)26(18-21-13-15-24(16-14-21)31-37(33,34)35)30-27(32)25(22-11-7-4-8-12-22)17-20-9-5-3-6-10-20;2*1-2-23-19-35-28(29-23)26(18-21-13-15-24(16-14-21)31(33)34)30-27(32)25(22-11-7-4-8-12-22)17-20-9-5-3-6-10-20;1-2-10-8-19-13(15-10)12(14)7-9-3-5-11(6-4-9)16(17)18;;/h3-16,19,25-26,31H,2,17-18H2,1H3,(H,30,32)(H,33,34,35);2*3-16,19,25-26H,2,17-18H2,1H3,(H,30,32);3-6,8,12H,2,7,14H2,1H3;1H;1H3/t3*25?,26-;12-;;/m0000../s1. The molecule has 3 unspecified atom stereocenters. The highest BCUT2D eigenvalue weighted by Crippen LogP contribution is 2.33. The van der Waals surface area contributed by atoms with E-state index in [1.807, 2.05) is 229 Å². The molecule has 14 aromatic rings. The molecule has 14 rings (SSSR count). The first kappa shape index (κ1) is 99.2. The molecule has 31 heteroatoms. The summed E-state index contributed by atoms with van der Waals surface area (Å²) in [4.78, 5) is 91.3. The highest BCUT2D eigenvalue weighted by molar-refractivity contribution is 8.93. The van der Waals surface area contributed by atoms with Crippen molar-refractivity contribution in [1.82, 2.24) is 42.0 Å². The van der Waals surface area contributed by atoms with Crippen molar-refractivity contribution in [3.05, 3.63) is 429 Å². The Kier molecular flexibility index (Phi) is 38.8. The van der Waals surface area contributed by atoms with E-state index in [4.69, 9.17) is 20.7 Å². The summed E-state index contributed by atoms with van der Waals surface area (Å²) in [6, 6.07) is 84.0. The number of amides is 3. The number of nitrogens with zero attached hydrogens (tertiary/aromatic N) is 7. The van der Waals surface area contributed by atoms with Crippen LogP contribution in [0.15, 0.2) is 301 Å². The highest BCUT2D eigenvalue weighted by Gasteiger charge is 2.31. The van der Waals surface area contributed by atoms with Gasteiger partial charge in [0.2, 0.25) is 17.7 Å². The molecule has 0 fully saturated rings. The Balaban J connectivity index is 0.000000196. The Morgan fingerprint density at radius 3 is 0.812 bits per heavy atom. The van der Waals surface area contributed by atoms with E-state index in [1.165, 1.54) is 82.5 Å². The lowest BCUT2D eigenvalue weighted by molar-refractivity contribution is -0.385. The molecule has 128 heavy (non-hydrogen) atoms. The Hall–Kier alpha value is -12.6. The molecule has 10 aromatic carbocycles. The van der Waals surface area contributed by atoms with Gasteiger partial charge in [0.05, 0.1) is 79.5 Å². The number of carbonyl (C=O) groups is 3. The van der Waals surface area contributed by atoms with Gasteiger partial charge in [-0.25, -0.2) is 28.4 Å². The van der Waals surface area contributed by atoms with Gasteiger partial charge in [0.25, 0.3) is 17.1 Å². The van der Waals surface area contributed by atoms with Gasteiger partial charge in [-0.15, -0.1) is 62.3 Å². The van der Waals surface area contributed by atoms with E-state index in [1.54, 1.807) is 59.9 Å². The van der Waals surface area contributed by atoms with Gasteiger partial charge in [-0.1, -0.05) is 258 Å². The number of aromatic nitrogens is 4. The van der Waals surface area contributed by atoms with Crippen LogP contribution in [0.25, 0.3) is 0 Å². The van der Waals surface area contributed by atoms with Gasteiger partial charge in [0.15, 0.2) is 10.3 Å². The lowest BCUT2D eigenvalue weighted by atomic mass is 9.90. The molecule has 0 aliphatic carbocycles. The number of nitrogens with one attached hydrogen (secondary N) is 4. The maximum Gasteiger partial charge on any atom is 0.269 e. The number of carbonyl (C=O) groups excluding carboxylic acids is 3. The van der Waals surface area contributed by atoms with Crippen LogP contribution in [0.4, 0.5) is 22.7 Å². The van der Waals surface area contributed by atoms with Gasteiger partial charge in [0.1, 0.15) is 20.0 Å². The third-order valence-electron chi connectivity index (χ3n) is 20.7. The van der Waals surface area contributed by atoms with Gasteiger partial charge >= 0.3 is 0 Å². The zero-order valence-electron chi connectivity index (χ0n) is 71.2. The topological polar surface area (TPSA) is 400 Å². The average molecular weight is 1880 g/mol. The Bertz CT molecular complexity index is 5710. The smallest absolute Gasteiger partial charge is 0.269 e. The molecular formula is C97H102BrN13O12S5. The van der Waals surface area contributed by atoms with Crippen LogP contribution in [0.3, 0.4) is 0 Å². The number of anilines is 1. The minimum absolute atomic E-state index is 0. The summed E-state index contributed by atoms with van der Waals surface area (Å²) < 4.78 is 34.9. The van der Waals surface area contributed by atoms with Crippen LogP contribution in [0.2, 0.25) is 0 Å². The highest BCUT2D eigenvalue weighted by atomic mass is 79.9. The van der Waals surface area contributed by atoms with Crippen LogP contribution in [0.5, 0.6) is 0 Å². The molecule has 664 valence electrons. The monoisotopic (exact) mass is 1880 g/mol. The zero-order chi connectivity index (χ0) is 89.3. The molecule has 7 atom stereocenters. The van der Waals surface area contributed by atoms with E-state index in [0.717, 1.165) is 124 Å². The van der Waals surface area contributed by atoms with Crippen molar-refractivity contribution in [1.29, 1.82) is 0 Å². The van der Waals surface area contributed by atoms with Crippen LogP contribution in [-0.2, 0) is 95.3 Å². The fraction of sp³-hybridized carbons (Fsp3) is 0.227. The van der Waals surface area contributed by atoms with Crippen LogP contribution >= 0.6 is 62.3 Å². The summed E-state index contributed by atoms with van der Waals surface area (Å²) in [5.41, 5.74) is 20.2. The number of non-ortho nitro benzene ring substituents is 3. The van der Waals surface area contributed by atoms with Crippen LogP contribution in [0.1, 0.15) is 168 Å². The van der Waals surface area contributed by atoms with Crippen molar-refractivity contribution in [3.63, 3.8) is 0 Å². The zero-order valence-corrected chi connectivity index (χ0v) is 77.0. The largest absolute Gasteiger partial charge is 0.731 e. The molecule has 4 heterocycles. The number of benzene rings is 10. The Labute approximate surface area is 771 Å². The van der Waals surface area contributed by atoms with Gasteiger partial charge in [0, 0.05) is 63.6 Å². The fourth-order valence-corrected chi connectivity index (χ4v) is 18.0. The van der Waals surface area contributed by atoms with E-state index < -0.39 is 25.1 Å². The van der Waals surface area contributed by atoms with Crippen LogP contribution in [-0.4, -0.2) is 65.4 Å². The number of nitrogens with two attached hydrogens (primary N) is 1. The maximum absolute atomic E-state index is 13.8. The van der Waals surface area contributed by atoms with E-state index in [0.29, 0.717) is 44.9 Å². The normalized spacial score (nSPS) is 12.5. The summed E-state index contributed by atoms with van der Waals surface area (Å²) >= 11 is 6.13. The Morgan fingerprint density at radius 2 is 0.570 bits per heavy atom. The summed E-state index contributed by atoms with van der Waals surface area (Å²) in [6.07, 6.45) is 7.13. The van der Waals surface area contributed by atoms with E-state index in [9.17, 15) is 57.7 Å². The van der Waals surface area contributed by atoms with Crippen molar-refractivity contribution in [2.45, 2.75) is 140 Å². The molecule has 10 N–H and O–H groups in total. The lowest BCUT2D eigenvalue weighted by Gasteiger charge is -2.22. The first-order chi connectivity index (χ1) is 61.0. The second-order valence-electron chi connectivity index (χ2n) is 29.7. The minimum atomic E-state index is -4.60. The van der Waals surface area contributed by atoms with Gasteiger partial charge < -0.3 is 32.4 Å². The molecule has 4 aromatic heterocycles. The molecule has 0 aliphatic heterocycles. The molecule has 0 radical (unpaired) electrons. The van der Waals surface area contributed by atoms with Gasteiger partial charge in [-0.2, -0.15) is 0 Å². The van der Waals surface area contributed by atoms with Crippen molar-refractivity contribution in [2.24, 2.45) is 5.73 Å². The van der Waals surface area contributed by atoms with Gasteiger partial charge in [-0.05, 0) is 138 Å². The second-order valence-corrected chi connectivity index (χ2v) is 34.4. The number of thiazole rings is 4. The minimum Gasteiger partial charge on any atom is -0.731 e. The molecule has 3 amide bonds. The number of aryl methyl sites for hydroxylation is 4. The molecule has 0 saturated heterocycles. The number of hydrogen-bond donors (Lipinski definition) is 6. The third-order valence-corrected chi connectivity index (χ3v) is 25.2. The predicted molar refractivity (Wildman–Crippen MR) is 514 cm³/mol. The SMILES string of the molecule is Br.CCc1csc([C@@H](N)Cc2ccc([N+](=O)[O-])cc2)n1.CCc1csc([C@H](Cc2ccc(NS(=O)(=O)[O-])cc2)NC(=O)C(Cc2ccccc2)c2ccccc2)n1.CCc1csc([C@H](Cc2ccc([N+](=O)[O-])cc2)NC(=O)C(Cc2ccccc2)c2ccccc2)n1.CCc1csc([C@H](Cc2ccc([N+](=O)[O-])cc2)NC(=O)C(Cc2ccccc2)c2ccccc2)n1.[NH4+]. The molecule has 0 aliphatic rings. The van der Waals surface area contributed by atoms with Crippen molar-refractivity contribution in [2.75, 3.05) is 4.72 Å². The average Bonchev–Trinajstić information content (AvgIpc) is 1.54. The van der Waals surface area contributed by atoms with E-state index in [2.05, 4.69) is 27.9 Å². The van der Waals surface area contributed by atoms with Crippen molar-refractivity contribution < 1.29 is 42.1 Å². The predicted octanol–water partition coefficient (Wildman–Crippen LogP) is 20.9. The first-order valence-electron chi connectivity index (χ1n) is 41.2. The third kappa shape index (κ3) is 30.6. The molecule has 0 bridgehead atoms. The van der Waals surface area contributed by atoms with E-state index in [-0.39, 0.29) is 106 Å². The number of rotatable bonds is 36. The summed E-state index contributed by atoms with van der Waals surface area (Å²) in [6.45, 7) is 8.19. The van der Waals surface area contributed by atoms with Crippen LogP contribution < -0.4 is 32.6 Å². The fourth-order valence-electron chi connectivity index (χ4n) is 13.9. The second kappa shape index (κ2) is 50.1. The maximum atomic E-state index is 13.8. The van der Waals surface area contributed by atoms with Crippen molar-refractivity contribution >= 4 is 113 Å². The number of nitro groups is 3. The summed E-state index contributed by atoms with van der Waals surface area (Å²) in [7, 11) is -4.60. The molecule has 0 spiro atoms. The van der Waals surface area contributed by atoms with Gasteiger partial charge in [-0.3, -0.25) is 49.4 Å². The number of quaternary nitrogens is 1. The Morgan fingerprint density at radius 1 is 0.344 bits per heavy atom. The number of nitro benzene ring substituents is 3. The summed E-state index contributed by atoms with van der Waals surface area (Å²) in [5.74, 6) is -1.33.